The molecule has 3 aliphatic rings. The Bertz CT molecular complexity index is 1300. The van der Waals surface area contributed by atoms with E-state index in [1.165, 1.54) is 24.1 Å². The molecule has 0 bridgehead atoms. The maximum absolute atomic E-state index is 13.9. The van der Waals surface area contributed by atoms with E-state index in [0.29, 0.717) is 23.0 Å². The largest absolute Gasteiger partial charge is 0.399 e. The predicted molar refractivity (Wildman–Crippen MR) is 150 cm³/mol. The molecule has 0 unspecified atom stereocenters. The summed E-state index contributed by atoms with van der Waals surface area (Å²) >= 11 is 0. The smallest absolute Gasteiger partial charge is 0.204 e. The van der Waals surface area contributed by atoms with E-state index in [1.54, 1.807) is 13.3 Å². The monoisotopic (exact) mass is 536 g/mol. The summed E-state index contributed by atoms with van der Waals surface area (Å²) in [7, 11) is 3.74. The van der Waals surface area contributed by atoms with Gasteiger partial charge in [0.1, 0.15) is 7.11 Å². The van der Waals surface area contributed by atoms with Crippen molar-refractivity contribution in [3.05, 3.63) is 59.2 Å². The minimum Gasteiger partial charge on any atom is -0.399 e. The summed E-state index contributed by atoms with van der Waals surface area (Å²) < 4.78 is 27.9. The summed E-state index contributed by atoms with van der Waals surface area (Å²) in [5, 5.41) is 3.93. The number of aromatic amines is 1. The summed E-state index contributed by atoms with van der Waals surface area (Å²) in [5.41, 5.74) is 3.70. The van der Waals surface area contributed by atoms with Crippen molar-refractivity contribution < 1.29 is 13.6 Å². The quantitative estimate of drug-likeness (QED) is 0.315. The van der Waals surface area contributed by atoms with Gasteiger partial charge >= 0.3 is 0 Å². The summed E-state index contributed by atoms with van der Waals surface area (Å²) in [6.45, 7) is 6.32. The molecule has 1 saturated heterocycles. The van der Waals surface area contributed by atoms with E-state index in [1.807, 2.05) is 0 Å². The Labute approximate surface area is 228 Å². The number of nitrogens with one attached hydrogen (secondary N) is 1. The number of hydrogen-bond acceptors (Lipinski definition) is 6. The van der Waals surface area contributed by atoms with Crippen molar-refractivity contribution in [3.8, 4) is 0 Å². The molecule has 9 heteroatoms. The lowest BCUT2D eigenvalue weighted by molar-refractivity contribution is 0.153. The van der Waals surface area contributed by atoms with Crippen LogP contribution in [0.5, 0.6) is 0 Å². The van der Waals surface area contributed by atoms with Crippen LogP contribution >= 0.6 is 0 Å². The number of halogens is 2. The first-order valence-electron chi connectivity index (χ1n) is 14.1. The van der Waals surface area contributed by atoms with Crippen LogP contribution < -0.4 is 4.90 Å². The zero-order valence-electron chi connectivity index (χ0n) is 22.9. The molecule has 3 fully saturated rings. The first-order chi connectivity index (χ1) is 18.9. The molecular weight excluding hydrogens is 498 g/mol. The summed E-state index contributed by atoms with van der Waals surface area (Å²) in [5.74, 6) is -0.368. The normalized spacial score (nSPS) is 25.7. The van der Waals surface area contributed by atoms with E-state index in [9.17, 15) is 8.78 Å². The van der Waals surface area contributed by atoms with Gasteiger partial charge in [0.15, 0.2) is 11.6 Å². The van der Waals surface area contributed by atoms with Gasteiger partial charge in [-0.25, -0.2) is 13.8 Å². The molecule has 208 valence electrons. The Morgan fingerprint density at radius 2 is 2.00 bits per heavy atom. The van der Waals surface area contributed by atoms with E-state index in [2.05, 4.69) is 56.2 Å². The standard InChI is InChI=1S/C30H38F2N6O/c1-36-11-13-37(14-12-36)9-4-10-38(29-34-27-17-25(31)26(32)18-28(27)35-29)24-7-8-30(19-23(30)16-24)22-6-3-5-21(15-22)20-33-39-2/h3,5-6,15,17-18,20,23-24H,4,7-14,16,19H2,1-2H3,(H,34,35)/b33-20-/t23-,24+,30+/m0/s1. The van der Waals surface area contributed by atoms with E-state index >= 15 is 0 Å². The number of H-pyrrole nitrogens is 1. The second-order valence-corrected chi connectivity index (χ2v) is 11.6. The summed E-state index contributed by atoms with van der Waals surface area (Å²) in [6.07, 6.45) is 7.24. The second-order valence-electron chi connectivity index (χ2n) is 11.6. The van der Waals surface area contributed by atoms with Crippen molar-refractivity contribution in [2.24, 2.45) is 11.1 Å². The third-order valence-corrected chi connectivity index (χ3v) is 9.17. The molecule has 0 spiro atoms. The molecular formula is C30H38F2N6O. The zero-order valence-corrected chi connectivity index (χ0v) is 22.9. The molecule has 2 aromatic carbocycles. The number of hydrogen-bond donors (Lipinski definition) is 1. The van der Waals surface area contributed by atoms with Gasteiger partial charge in [0.05, 0.1) is 17.2 Å². The van der Waals surface area contributed by atoms with Crippen LogP contribution in [-0.2, 0) is 10.3 Å². The van der Waals surface area contributed by atoms with Gasteiger partial charge in [-0.3, -0.25) is 0 Å². The molecule has 0 amide bonds. The summed E-state index contributed by atoms with van der Waals surface area (Å²) in [4.78, 5) is 20.2. The molecule has 1 N–H and O–H groups in total. The number of oxime groups is 1. The van der Waals surface area contributed by atoms with Crippen LogP contribution in [0.1, 0.15) is 43.2 Å². The Hall–Kier alpha value is -3.04. The van der Waals surface area contributed by atoms with Crippen molar-refractivity contribution in [2.45, 2.75) is 43.6 Å². The molecule has 1 aliphatic heterocycles. The Morgan fingerprint density at radius 1 is 1.18 bits per heavy atom. The Morgan fingerprint density at radius 3 is 2.79 bits per heavy atom. The van der Waals surface area contributed by atoms with Crippen LogP contribution in [0.25, 0.3) is 11.0 Å². The van der Waals surface area contributed by atoms with Gasteiger partial charge in [-0.1, -0.05) is 23.4 Å². The third-order valence-electron chi connectivity index (χ3n) is 9.17. The number of rotatable bonds is 9. The lowest BCUT2D eigenvalue weighted by atomic mass is 9.80. The van der Waals surface area contributed by atoms with Gasteiger partial charge in [-0.15, -0.1) is 0 Å². The van der Waals surface area contributed by atoms with Crippen LogP contribution in [0.15, 0.2) is 41.6 Å². The van der Waals surface area contributed by atoms with E-state index in [0.717, 1.165) is 76.5 Å². The Kier molecular flexibility index (Phi) is 7.29. The topological polar surface area (TPSA) is 60.0 Å². The Balaban J connectivity index is 1.19. The van der Waals surface area contributed by atoms with Crippen LogP contribution in [0, 0.1) is 17.6 Å². The highest BCUT2D eigenvalue weighted by molar-refractivity contribution is 5.79. The van der Waals surface area contributed by atoms with Gasteiger partial charge in [0.2, 0.25) is 5.95 Å². The van der Waals surface area contributed by atoms with Crippen molar-refractivity contribution in [1.29, 1.82) is 0 Å². The molecule has 3 aromatic rings. The van der Waals surface area contributed by atoms with Gasteiger partial charge in [0.25, 0.3) is 0 Å². The molecule has 1 aromatic heterocycles. The van der Waals surface area contributed by atoms with Crippen LogP contribution in [0.4, 0.5) is 14.7 Å². The number of nitrogens with zero attached hydrogens (tertiary/aromatic N) is 5. The molecule has 39 heavy (non-hydrogen) atoms. The second kappa shape index (κ2) is 10.8. The van der Waals surface area contributed by atoms with Crippen molar-refractivity contribution in [3.63, 3.8) is 0 Å². The van der Waals surface area contributed by atoms with Gasteiger partial charge in [-0.2, -0.15) is 0 Å². The minimum atomic E-state index is -0.861. The molecule has 2 saturated carbocycles. The van der Waals surface area contributed by atoms with Crippen LogP contribution in [0.2, 0.25) is 0 Å². The van der Waals surface area contributed by atoms with Crippen LogP contribution in [0.3, 0.4) is 0 Å². The van der Waals surface area contributed by atoms with E-state index in [-0.39, 0.29) is 5.41 Å². The molecule has 0 radical (unpaired) electrons. The average molecular weight is 537 g/mol. The molecule has 7 nitrogen and oxygen atoms in total. The SMILES string of the molecule is CO/N=C\c1cccc([C@]23CC[C@@H](N(CCCN4CCN(C)CC4)c4nc5cc(F)c(F)cc5[nH]4)C[C@H]2C3)c1. The van der Waals surface area contributed by atoms with Crippen molar-refractivity contribution in [2.75, 3.05) is 58.3 Å². The number of piperazine rings is 1. The minimum absolute atomic E-state index is 0.235. The number of anilines is 1. The van der Waals surface area contributed by atoms with Gasteiger partial charge < -0.3 is 24.5 Å². The van der Waals surface area contributed by atoms with Crippen molar-refractivity contribution >= 4 is 23.2 Å². The average Bonchev–Trinajstić information content (AvgIpc) is 3.56. The highest BCUT2D eigenvalue weighted by Crippen LogP contribution is 2.63. The fraction of sp³-hybridized carbons (Fsp3) is 0.533. The molecule has 6 rings (SSSR count). The van der Waals surface area contributed by atoms with Gasteiger partial charge in [-0.05, 0) is 74.2 Å². The first-order valence-corrected chi connectivity index (χ1v) is 14.1. The van der Waals surface area contributed by atoms with E-state index in [4.69, 9.17) is 9.82 Å². The summed E-state index contributed by atoms with van der Waals surface area (Å²) in [6, 6.07) is 11.4. The highest BCUT2D eigenvalue weighted by atomic mass is 19.2. The lowest BCUT2D eigenvalue weighted by Crippen LogP contribution is -2.46. The number of benzene rings is 2. The lowest BCUT2D eigenvalue weighted by Gasteiger charge is -2.38. The fourth-order valence-electron chi connectivity index (χ4n) is 6.81. The number of imidazole rings is 1. The first kappa shape index (κ1) is 26.2. The fourth-order valence-corrected chi connectivity index (χ4v) is 6.81. The molecule has 2 aliphatic carbocycles. The van der Waals surface area contributed by atoms with Gasteiger partial charge in [0, 0.05) is 50.9 Å². The van der Waals surface area contributed by atoms with Crippen molar-refractivity contribution in [1.82, 2.24) is 19.8 Å². The predicted octanol–water partition coefficient (Wildman–Crippen LogP) is 4.78. The molecule has 3 atom stereocenters. The molecule has 2 heterocycles. The zero-order chi connectivity index (χ0) is 27.0. The maximum Gasteiger partial charge on any atom is 0.204 e. The third kappa shape index (κ3) is 5.39. The van der Waals surface area contributed by atoms with E-state index < -0.39 is 11.6 Å². The number of aromatic nitrogens is 2. The number of likely N-dealkylation sites (N-methyl/N-ethyl adjacent to an activating group) is 1. The maximum atomic E-state index is 13.9. The highest BCUT2D eigenvalue weighted by Gasteiger charge is 2.58. The number of fused-ring (bicyclic) bond motifs is 2. The van der Waals surface area contributed by atoms with Crippen LogP contribution in [-0.4, -0.2) is 85.5 Å².